The van der Waals surface area contributed by atoms with Gasteiger partial charge in [-0.3, -0.25) is 0 Å². The van der Waals surface area contributed by atoms with Crippen LogP contribution in [0.1, 0.15) is 38.5 Å². The van der Waals surface area contributed by atoms with Crippen molar-refractivity contribution in [2.45, 2.75) is 50.2 Å². The summed E-state index contributed by atoms with van der Waals surface area (Å²) in [6.45, 7) is 0.582. The number of benzene rings is 1. The molecule has 0 amide bonds. The zero-order valence-electron chi connectivity index (χ0n) is 12.1. The van der Waals surface area contributed by atoms with E-state index in [1.165, 1.54) is 32.1 Å². The highest BCUT2D eigenvalue weighted by Gasteiger charge is 2.42. The first kappa shape index (κ1) is 13.6. The van der Waals surface area contributed by atoms with Crippen LogP contribution in [0, 0.1) is 0 Å². The summed E-state index contributed by atoms with van der Waals surface area (Å²) in [6.07, 6.45) is 7.52. The van der Waals surface area contributed by atoms with Gasteiger partial charge in [0.15, 0.2) is 0 Å². The van der Waals surface area contributed by atoms with Crippen molar-refractivity contribution in [2.75, 3.05) is 19.5 Å². The first-order valence-electron chi connectivity index (χ1n) is 7.45. The van der Waals surface area contributed by atoms with Crippen molar-refractivity contribution in [3.05, 3.63) is 18.2 Å². The van der Waals surface area contributed by atoms with E-state index in [4.69, 9.17) is 19.9 Å². The number of methoxy groups -OCH3 is 1. The van der Waals surface area contributed by atoms with Crippen LogP contribution in [0.5, 0.6) is 11.5 Å². The maximum Gasteiger partial charge on any atom is 0.142 e. The number of nitrogen functional groups attached to an aromatic ring is 1. The molecule has 1 saturated carbocycles. The molecule has 1 aliphatic carbocycles. The number of ether oxygens (including phenoxy) is 3. The first-order chi connectivity index (χ1) is 9.71. The summed E-state index contributed by atoms with van der Waals surface area (Å²) in [5.74, 6) is 1.46. The van der Waals surface area contributed by atoms with Gasteiger partial charge in [0.25, 0.3) is 0 Å². The van der Waals surface area contributed by atoms with Gasteiger partial charge in [0.2, 0.25) is 0 Å². The third kappa shape index (κ3) is 2.70. The van der Waals surface area contributed by atoms with Gasteiger partial charge >= 0.3 is 0 Å². The van der Waals surface area contributed by atoms with E-state index in [-0.39, 0.29) is 11.7 Å². The second kappa shape index (κ2) is 5.52. The van der Waals surface area contributed by atoms with Gasteiger partial charge in [-0.25, -0.2) is 0 Å². The predicted molar refractivity (Wildman–Crippen MR) is 78.2 cm³/mol. The maximum absolute atomic E-state index is 6.23. The van der Waals surface area contributed by atoms with Gasteiger partial charge in [-0.1, -0.05) is 12.8 Å². The quantitative estimate of drug-likeness (QED) is 0.859. The van der Waals surface area contributed by atoms with Crippen LogP contribution in [-0.4, -0.2) is 25.4 Å². The summed E-state index contributed by atoms with van der Waals surface area (Å²) in [7, 11) is 1.63. The van der Waals surface area contributed by atoms with Crippen LogP contribution in [0.4, 0.5) is 5.69 Å². The van der Waals surface area contributed by atoms with Gasteiger partial charge in [-0.2, -0.15) is 0 Å². The van der Waals surface area contributed by atoms with Crippen molar-refractivity contribution < 1.29 is 14.2 Å². The average molecular weight is 277 g/mol. The van der Waals surface area contributed by atoms with E-state index in [1.807, 2.05) is 12.1 Å². The van der Waals surface area contributed by atoms with Gasteiger partial charge in [0.05, 0.1) is 24.5 Å². The standard InChI is InChI=1S/C16H23NO3/c1-18-12-4-5-15(14(17)10-12)19-11-13-6-9-16(20-13)7-2-3-8-16/h4-5,10,13H,2-3,6-9,11,17H2,1H3. The normalized spacial score (nSPS) is 24.1. The van der Waals surface area contributed by atoms with Crippen LogP contribution < -0.4 is 15.2 Å². The zero-order valence-corrected chi connectivity index (χ0v) is 12.1. The number of nitrogens with two attached hydrogens (primary N) is 1. The van der Waals surface area contributed by atoms with Crippen molar-refractivity contribution in [3.8, 4) is 11.5 Å². The molecule has 4 nitrogen and oxygen atoms in total. The van der Waals surface area contributed by atoms with Crippen LogP contribution >= 0.6 is 0 Å². The smallest absolute Gasteiger partial charge is 0.142 e. The summed E-state index contributed by atoms with van der Waals surface area (Å²) in [4.78, 5) is 0. The van der Waals surface area contributed by atoms with E-state index < -0.39 is 0 Å². The fraction of sp³-hybridized carbons (Fsp3) is 0.625. The Kier molecular flexibility index (Phi) is 3.74. The number of anilines is 1. The minimum Gasteiger partial charge on any atom is -0.497 e. The molecule has 1 aromatic rings. The number of hydrogen-bond acceptors (Lipinski definition) is 4. The Bertz CT molecular complexity index is 469. The zero-order chi connectivity index (χ0) is 14.0. The monoisotopic (exact) mass is 277 g/mol. The lowest BCUT2D eigenvalue weighted by Crippen LogP contribution is -2.27. The van der Waals surface area contributed by atoms with E-state index in [0.29, 0.717) is 18.0 Å². The van der Waals surface area contributed by atoms with Crippen LogP contribution in [0.25, 0.3) is 0 Å². The molecule has 1 atom stereocenters. The Balaban J connectivity index is 1.55. The van der Waals surface area contributed by atoms with E-state index in [2.05, 4.69) is 0 Å². The van der Waals surface area contributed by atoms with Crippen molar-refractivity contribution in [1.29, 1.82) is 0 Å². The second-order valence-electron chi connectivity index (χ2n) is 5.88. The van der Waals surface area contributed by atoms with Crippen molar-refractivity contribution in [3.63, 3.8) is 0 Å². The fourth-order valence-electron chi connectivity index (χ4n) is 3.37. The Morgan fingerprint density at radius 1 is 1.30 bits per heavy atom. The van der Waals surface area contributed by atoms with Crippen molar-refractivity contribution >= 4 is 5.69 Å². The summed E-state index contributed by atoms with van der Waals surface area (Å²) in [5, 5.41) is 0. The van der Waals surface area contributed by atoms with Gasteiger partial charge in [0.1, 0.15) is 18.1 Å². The SMILES string of the molecule is COc1ccc(OCC2CCC3(CCCC3)O2)c(N)c1. The molecule has 0 radical (unpaired) electrons. The van der Waals surface area contributed by atoms with Crippen molar-refractivity contribution in [1.82, 2.24) is 0 Å². The minimum absolute atomic E-state index is 0.166. The molecule has 0 bridgehead atoms. The van der Waals surface area contributed by atoms with Crippen LogP contribution in [0.2, 0.25) is 0 Å². The molecule has 1 unspecified atom stereocenters. The Labute approximate surface area is 120 Å². The van der Waals surface area contributed by atoms with Crippen molar-refractivity contribution in [2.24, 2.45) is 0 Å². The molecule has 2 fully saturated rings. The highest BCUT2D eigenvalue weighted by atomic mass is 16.6. The third-order valence-corrected chi connectivity index (χ3v) is 4.50. The largest absolute Gasteiger partial charge is 0.497 e. The number of rotatable bonds is 4. The third-order valence-electron chi connectivity index (χ3n) is 4.50. The van der Waals surface area contributed by atoms with Crippen LogP contribution in [0.15, 0.2) is 18.2 Å². The molecule has 2 aliphatic rings. The lowest BCUT2D eigenvalue weighted by molar-refractivity contribution is -0.0508. The highest BCUT2D eigenvalue weighted by molar-refractivity contribution is 5.56. The Hall–Kier alpha value is -1.42. The minimum atomic E-state index is 0.166. The fourth-order valence-corrected chi connectivity index (χ4v) is 3.37. The molecule has 3 rings (SSSR count). The van der Waals surface area contributed by atoms with E-state index in [1.54, 1.807) is 13.2 Å². The molecule has 1 heterocycles. The lowest BCUT2D eigenvalue weighted by atomic mass is 9.98. The molecular formula is C16H23NO3. The molecule has 110 valence electrons. The van der Waals surface area contributed by atoms with Gasteiger partial charge < -0.3 is 19.9 Å². The Morgan fingerprint density at radius 2 is 2.10 bits per heavy atom. The predicted octanol–water partition coefficient (Wildman–Crippen LogP) is 3.15. The summed E-state index contributed by atoms with van der Waals surface area (Å²) in [5.41, 5.74) is 6.73. The molecule has 4 heteroatoms. The average Bonchev–Trinajstić information content (AvgIpc) is 3.08. The molecule has 2 N–H and O–H groups in total. The van der Waals surface area contributed by atoms with Gasteiger partial charge in [-0.15, -0.1) is 0 Å². The Morgan fingerprint density at radius 3 is 2.80 bits per heavy atom. The topological polar surface area (TPSA) is 53.7 Å². The summed E-state index contributed by atoms with van der Waals surface area (Å²) in [6, 6.07) is 5.50. The molecule has 20 heavy (non-hydrogen) atoms. The first-order valence-corrected chi connectivity index (χ1v) is 7.45. The van der Waals surface area contributed by atoms with Crippen LogP contribution in [-0.2, 0) is 4.74 Å². The number of hydrogen-bond donors (Lipinski definition) is 1. The second-order valence-corrected chi connectivity index (χ2v) is 5.88. The maximum atomic E-state index is 6.23. The van der Waals surface area contributed by atoms with Crippen LogP contribution in [0.3, 0.4) is 0 Å². The molecular weight excluding hydrogens is 254 g/mol. The van der Waals surface area contributed by atoms with Gasteiger partial charge in [0, 0.05) is 6.07 Å². The molecule has 1 aromatic carbocycles. The van der Waals surface area contributed by atoms with E-state index in [0.717, 1.165) is 12.2 Å². The molecule has 1 spiro atoms. The molecule has 1 aliphatic heterocycles. The highest BCUT2D eigenvalue weighted by Crippen LogP contribution is 2.43. The van der Waals surface area contributed by atoms with E-state index in [9.17, 15) is 0 Å². The summed E-state index contributed by atoms with van der Waals surface area (Å²) >= 11 is 0. The lowest BCUT2D eigenvalue weighted by Gasteiger charge is -2.24. The van der Waals surface area contributed by atoms with Gasteiger partial charge in [-0.05, 0) is 37.8 Å². The molecule has 0 aromatic heterocycles. The molecule has 1 saturated heterocycles. The van der Waals surface area contributed by atoms with E-state index >= 15 is 0 Å². The summed E-state index contributed by atoms with van der Waals surface area (Å²) < 4.78 is 17.2.